The van der Waals surface area contributed by atoms with Gasteiger partial charge in [0.2, 0.25) is 0 Å². The summed E-state index contributed by atoms with van der Waals surface area (Å²) in [7, 11) is 0. The minimum absolute atomic E-state index is 0.0789. The number of aryl methyl sites for hydroxylation is 2. The maximum absolute atomic E-state index is 13.4. The summed E-state index contributed by atoms with van der Waals surface area (Å²) < 4.78 is 18.6. The number of amides is 1. The van der Waals surface area contributed by atoms with Gasteiger partial charge in [-0.15, -0.1) is 0 Å². The smallest absolute Gasteiger partial charge is 0.260 e. The number of halogens is 1. The van der Waals surface area contributed by atoms with Crippen molar-refractivity contribution in [3.05, 3.63) is 46.9 Å². The molecule has 1 saturated heterocycles. The molecular weight excluding hydrogens is 323 g/mol. The Kier molecular flexibility index (Phi) is 3.78. The van der Waals surface area contributed by atoms with Crippen LogP contribution in [-0.2, 0) is 6.42 Å². The molecule has 130 valence electrons. The Morgan fingerprint density at radius 2 is 2.32 bits per heavy atom. The lowest BCUT2D eigenvalue weighted by Crippen LogP contribution is -2.32. The van der Waals surface area contributed by atoms with Crippen molar-refractivity contribution in [1.29, 1.82) is 0 Å². The van der Waals surface area contributed by atoms with Gasteiger partial charge in [0.15, 0.2) is 0 Å². The van der Waals surface area contributed by atoms with E-state index in [1.165, 1.54) is 12.1 Å². The second kappa shape index (κ2) is 5.98. The Morgan fingerprint density at radius 1 is 1.48 bits per heavy atom. The van der Waals surface area contributed by atoms with Crippen molar-refractivity contribution in [3.8, 4) is 0 Å². The molecule has 25 heavy (non-hydrogen) atoms. The number of nitrogens with one attached hydrogen (secondary N) is 1. The second-order valence-electron chi connectivity index (χ2n) is 6.35. The van der Waals surface area contributed by atoms with E-state index in [0.29, 0.717) is 46.8 Å². The van der Waals surface area contributed by atoms with Gasteiger partial charge in [-0.3, -0.25) is 4.79 Å². The maximum atomic E-state index is 13.4. The van der Waals surface area contributed by atoms with Gasteiger partial charge in [-0.1, -0.05) is 12.1 Å². The van der Waals surface area contributed by atoms with Crippen LogP contribution >= 0.6 is 0 Å². The summed E-state index contributed by atoms with van der Waals surface area (Å²) in [5.41, 5.74) is 2.58. The monoisotopic (exact) mass is 342 g/mol. The Morgan fingerprint density at radius 3 is 3.12 bits per heavy atom. The van der Waals surface area contributed by atoms with E-state index in [1.807, 2.05) is 11.8 Å². The van der Waals surface area contributed by atoms with Crippen molar-refractivity contribution in [2.75, 3.05) is 6.54 Å². The van der Waals surface area contributed by atoms with E-state index in [-0.39, 0.29) is 17.8 Å². The van der Waals surface area contributed by atoms with Crippen LogP contribution in [0.5, 0.6) is 0 Å². The SMILES string of the molecule is CCc1noc(C)c1C(=O)N1CCC[C@H]1c1nc2ccc(F)cc2[nH]1. The number of hydrogen-bond acceptors (Lipinski definition) is 4. The highest BCUT2D eigenvalue weighted by atomic mass is 19.1. The molecule has 0 aliphatic carbocycles. The van der Waals surface area contributed by atoms with Gasteiger partial charge in [0.05, 0.1) is 22.8 Å². The minimum Gasteiger partial charge on any atom is -0.361 e. The van der Waals surface area contributed by atoms with E-state index in [1.54, 1.807) is 13.0 Å². The van der Waals surface area contributed by atoms with Crippen molar-refractivity contribution >= 4 is 16.9 Å². The number of nitrogens with zero attached hydrogens (tertiary/aromatic N) is 3. The Hall–Kier alpha value is -2.70. The number of imidazole rings is 1. The van der Waals surface area contributed by atoms with Gasteiger partial charge in [0.25, 0.3) is 5.91 Å². The lowest BCUT2D eigenvalue weighted by molar-refractivity contribution is 0.0728. The third-order valence-electron chi connectivity index (χ3n) is 4.77. The highest BCUT2D eigenvalue weighted by molar-refractivity contribution is 5.96. The van der Waals surface area contributed by atoms with E-state index in [9.17, 15) is 9.18 Å². The number of carbonyl (C=O) groups is 1. The van der Waals surface area contributed by atoms with E-state index in [0.717, 1.165) is 12.8 Å². The van der Waals surface area contributed by atoms with E-state index >= 15 is 0 Å². The number of benzene rings is 1. The van der Waals surface area contributed by atoms with E-state index in [2.05, 4.69) is 15.1 Å². The van der Waals surface area contributed by atoms with Gasteiger partial charge in [-0.2, -0.15) is 0 Å². The van der Waals surface area contributed by atoms with Gasteiger partial charge in [-0.25, -0.2) is 9.37 Å². The quantitative estimate of drug-likeness (QED) is 0.790. The number of fused-ring (bicyclic) bond motifs is 1. The summed E-state index contributed by atoms with van der Waals surface area (Å²) in [6, 6.07) is 4.30. The third kappa shape index (κ3) is 2.59. The predicted octanol–water partition coefficient (Wildman–Crippen LogP) is 3.54. The largest absolute Gasteiger partial charge is 0.361 e. The zero-order chi connectivity index (χ0) is 17.6. The molecular formula is C18H19FN4O2. The first-order valence-corrected chi connectivity index (χ1v) is 8.49. The van der Waals surface area contributed by atoms with Crippen molar-refractivity contribution in [2.45, 2.75) is 39.2 Å². The lowest BCUT2D eigenvalue weighted by atomic mass is 10.1. The highest BCUT2D eigenvalue weighted by Gasteiger charge is 2.35. The number of likely N-dealkylation sites (tertiary alicyclic amines) is 1. The molecule has 3 heterocycles. The molecule has 0 spiro atoms. The van der Waals surface area contributed by atoms with E-state index in [4.69, 9.17) is 4.52 Å². The number of carbonyl (C=O) groups excluding carboxylic acids is 1. The topological polar surface area (TPSA) is 75.0 Å². The first kappa shape index (κ1) is 15.8. The molecule has 1 aliphatic rings. The predicted molar refractivity (Wildman–Crippen MR) is 89.7 cm³/mol. The molecule has 1 aromatic carbocycles. The second-order valence-corrected chi connectivity index (χ2v) is 6.35. The zero-order valence-electron chi connectivity index (χ0n) is 14.2. The molecule has 0 bridgehead atoms. The Labute approximate surface area is 144 Å². The van der Waals surface area contributed by atoms with Crippen molar-refractivity contribution in [2.24, 2.45) is 0 Å². The van der Waals surface area contributed by atoms with Crippen LogP contribution in [0.1, 0.15) is 53.4 Å². The third-order valence-corrected chi connectivity index (χ3v) is 4.77. The molecule has 3 aromatic rings. The fourth-order valence-corrected chi connectivity index (χ4v) is 3.53. The molecule has 0 saturated carbocycles. The fourth-order valence-electron chi connectivity index (χ4n) is 3.53. The standard InChI is InChI=1S/C18H19FN4O2/c1-3-12-16(10(2)25-22-12)18(24)23-8-4-5-15(23)17-20-13-7-6-11(19)9-14(13)21-17/h6-7,9,15H,3-5,8H2,1-2H3,(H,20,21)/t15-/m0/s1. The number of aromatic amines is 1. The van der Waals surface area contributed by atoms with Gasteiger partial charge in [0, 0.05) is 6.54 Å². The van der Waals surface area contributed by atoms with Crippen LogP contribution in [0.2, 0.25) is 0 Å². The van der Waals surface area contributed by atoms with Crippen LogP contribution in [0.15, 0.2) is 22.7 Å². The minimum atomic E-state index is -0.310. The number of rotatable bonds is 3. The van der Waals surface area contributed by atoms with Gasteiger partial charge >= 0.3 is 0 Å². The molecule has 2 aromatic heterocycles. The number of hydrogen-bond donors (Lipinski definition) is 1. The van der Waals surface area contributed by atoms with Gasteiger partial charge < -0.3 is 14.4 Å². The summed E-state index contributed by atoms with van der Waals surface area (Å²) in [5.74, 6) is 0.845. The zero-order valence-corrected chi connectivity index (χ0v) is 14.2. The van der Waals surface area contributed by atoms with Gasteiger partial charge in [-0.05, 0) is 44.4 Å². The molecule has 0 unspecified atom stereocenters. The summed E-state index contributed by atoms with van der Waals surface area (Å²) in [4.78, 5) is 22.6. The first-order valence-electron chi connectivity index (χ1n) is 8.49. The fraction of sp³-hybridized carbons (Fsp3) is 0.389. The van der Waals surface area contributed by atoms with Crippen molar-refractivity contribution in [1.82, 2.24) is 20.0 Å². The molecule has 1 N–H and O–H groups in total. The Balaban J connectivity index is 1.69. The van der Waals surface area contributed by atoms with Crippen LogP contribution in [-0.4, -0.2) is 32.5 Å². The average molecular weight is 342 g/mol. The molecule has 1 atom stereocenters. The Bertz CT molecular complexity index is 946. The van der Waals surface area contributed by atoms with Crippen LogP contribution in [0.25, 0.3) is 11.0 Å². The molecule has 0 radical (unpaired) electrons. The molecule has 1 aliphatic heterocycles. The summed E-state index contributed by atoms with van der Waals surface area (Å²) in [6.45, 7) is 4.36. The van der Waals surface area contributed by atoms with Crippen LogP contribution in [0, 0.1) is 12.7 Å². The number of H-pyrrole nitrogens is 1. The summed E-state index contributed by atoms with van der Waals surface area (Å²) >= 11 is 0. The van der Waals surface area contributed by atoms with E-state index < -0.39 is 0 Å². The maximum Gasteiger partial charge on any atom is 0.260 e. The van der Waals surface area contributed by atoms with Crippen LogP contribution < -0.4 is 0 Å². The summed E-state index contributed by atoms with van der Waals surface area (Å²) in [5, 5.41) is 3.98. The van der Waals surface area contributed by atoms with Crippen molar-refractivity contribution in [3.63, 3.8) is 0 Å². The molecule has 1 fully saturated rings. The van der Waals surface area contributed by atoms with Crippen molar-refractivity contribution < 1.29 is 13.7 Å². The molecule has 7 heteroatoms. The highest BCUT2D eigenvalue weighted by Crippen LogP contribution is 2.33. The van der Waals surface area contributed by atoms with Gasteiger partial charge in [0.1, 0.15) is 23.0 Å². The molecule has 6 nitrogen and oxygen atoms in total. The van der Waals surface area contributed by atoms with Crippen LogP contribution in [0.4, 0.5) is 4.39 Å². The normalized spacial score (nSPS) is 17.6. The van der Waals surface area contributed by atoms with Crippen LogP contribution in [0.3, 0.4) is 0 Å². The molecule has 1 amide bonds. The first-order chi connectivity index (χ1) is 12.1. The number of aromatic nitrogens is 3. The lowest BCUT2D eigenvalue weighted by Gasteiger charge is -2.23. The average Bonchev–Trinajstić information content (AvgIpc) is 3.30. The summed E-state index contributed by atoms with van der Waals surface area (Å²) in [6.07, 6.45) is 2.36. The molecule has 4 rings (SSSR count).